The number of carbonyl (C=O) groups is 6. The number of rotatable bonds is 29. The quantitative estimate of drug-likeness (QED) is 0.0193. The summed E-state index contributed by atoms with van der Waals surface area (Å²) < 4.78 is 1.72. The first-order valence-corrected chi connectivity index (χ1v) is 25.3. The van der Waals surface area contributed by atoms with Crippen LogP contribution in [0, 0.1) is 0 Å². The summed E-state index contributed by atoms with van der Waals surface area (Å²) in [5.41, 5.74) is 8.51. The van der Waals surface area contributed by atoms with Gasteiger partial charge in [0.2, 0.25) is 11.8 Å². The minimum absolute atomic E-state index is 0.0588. The fourth-order valence-corrected chi connectivity index (χ4v) is 9.54. The molecule has 2 saturated heterocycles. The molecule has 4 N–H and O–H groups in total. The van der Waals surface area contributed by atoms with Gasteiger partial charge in [0.25, 0.3) is 17.7 Å². The zero-order chi connectivity index (χ0) is 49.8. The Balaban J connectivity index is 0.708. The van der Waals surface area contributed by atoms with Crippen LogP contribution < -0.4 is 10.8 Å². The van der Waals surface area contributed by atoms with Gasteiger partial charge in [-0.2, -0.15) is 0 Å². The van der Waals surface area contributed by atoms with E-state index in [1.165, 1.54) is 17.0 Å². The number of nitrogens with zero attached hydrogens (tertiary/aromatic N) is 6. The van der Waals surface area contributed by atoms with E-state index < -0.39 is 17.8 Å². The molecule has 5 amide bonds. The summed E-state index contributed by atoms with van der Waals surface area (Å²) >= 11 is 1.55. The molecule has 7 rings (SSSR count). The molecule has 71 heavy (non-hydrogen) atoms. The number of carbonyl (C=O) groups excluding carboxylic acids is 6. The Bertz CT molecular complexity index is 2580. The number of nitrogens with one attached hydrogen (secondary N) is 3. The topological polar surface area (TPSA) is 221 Å². The molecule has 376 valence electrons. The highest BCUT2D eigenvalue weighted by molar-refractivity contribution is 8.00. The third-order valence-corrected chi connectivity index (χ3v) is 13.7. The van der Waals surface area contributed by atoms with Crippen molar-refractivity contribution in [3.8, 4) is 0 Å². The molecule has 18 nitrogen and oxygen atoms in total. The first-order valence-electron chi connectivity index (χ1n) is 24.4. The van der Waals surface area contributed by atoms with Crippen molar-refractivity contribution >= 4 is 64.2 Å². The van der Waals surface area contributed by atoms with Crippen molar-refractivity contribution in [2.75, 3.05) is 32.8 Å². The van der Waals surface area contributed by atoms with Crippen LogP contribution in [0.1, 0.15) is 98.6 Å². The zero-order valence-electron chi connectivity index (χ0n) is 40.0. The van der Waals surface area contributed by atoms with Crippen LogP contribution in [0.2, 0.25) is 0 Å². The number of unbranched alkanes of at least 4 members (excludes halogenated alkanes) is 4. The molecule has 0 aliphatic carbocycles. The van der Waals surface area contributed by atoms with Crippen LogP contribution in [0.5, 0.6) is 0 Å². The van der Waals surface area contributed by atoms with Gasteiger partial charge in [-0.25, -0.2) is 15.0 Å². The lowest BCUT2D eigenvalue weighted by Gasteiger charge is -2.21. The summed E-state index contributed by atoms with van der Waals surface area (Å²) in [6, 6.07) is 24.1. The monoisotopic (exact) mass is 989 g/mol. The molecule has 3 aromatic carbocycles. The molecule has 2 fully saturated rings. The van der Waals surface area contributed by atoms with E-state index in [1.807, 2.05) is 65.6 Å². The molecule has 0 spiro atoms. The van der Waals surface area contributed by atoms with E-state index in [9.17, 15) is 33.9 Å². The number of aromatic amines is 1. The number of fused-ring (bicyclic) bond motifs is 1. The van der Waals surface area contributed by atoms with E-state index in [4.69, 9.17) is 9.68 Å². The van der Waals surface area contributed by atoms with Gasteiger partial charge in [-0.1, -0.05) is 72.7 Å². The van der Waals surface area contributed by atoms with Gasteiger partial charge in [0.15, 0.2) is 0 Å². The lowest BCUT2D eigenvalue weighted by atomic mass is 10.1. The maximum Gasteiger partial charge on any atom is 0.333 e. The highest BCUT2D eigenvalue weighted by Crippen LogP contribution is 2.31. The lowest BCUT2D eigenvalue weighted by molar-refractivity contribution is -0.197. The maximum absolute atomic E-state index is 13.2. The molecule has 1 atom stereocenters. The Morgan fingerprint density at radius 3 is 2.41 bits per heavy atom. The Morgan fingerprint density at radius 2 is 1.62 bits per heavy atom. The summed E-state index contributed by atoms with van der Waals surface area (Å²) in [4.78, 5) is 92.3. The molecule has 0 saturated carbocycles. The second kappa shape index (κ2) is 27.1. The molecule has 2 aliphatic rings. The van der Waals surface area contributed by atoms with Gasteiger partial charge >= 0.3 is 5.97 Å². The Morgan fingerprint density at radius 1 is 0.873 bits per heavy atom. The fourth-order valence-electron chi connectivity index (χ4n) is 8.45. The number of amides is 5. The molecule has 2 aromatic heterocycles. The standard InChI is InChI=1S/C52H63N9O9S/c62-32-31-58(29-25-41-33-53-45-10-6-5-9-44(41)45)36-39-15-13-38(14-16-39)19-22-48(64)56-69-37-40-17-20-43(21-18-40)71-46-26-30-59(52(46)68)27-7-1-3-11-47(63)54-34-42-35-55-57-60(42)28-8-2-4-12-51(67)70-61-49(65)23-24-50(61)66/h5-6,9-10,13-22,33,35,46,53,62H,1-4,7-8,11-12,23-32,34,36-37H2,(H,54,63)(H,56,64)/b22-19+. The van der Waals surface area contributed by atoms with Gasteiger partial charge in [0.05, 0.1) is 36.9 Å². The number of likely N-dealkylation sites (tertiary alicyclic amines) is 1. The van der Waals surface area contributed by atoms with Crippen molar-refractivity contribution < 1.29 is 43.5 Å². The van der Waals surface area contributed by atoms with E-state index in [0.717, 1.165) is 65.0 Å². The number of aryl methyl sites for hydroxylation is 1. The fraction of sp³-hybridized carbons (Fsp3) is 0.423. The number of benzene rings is 3. The molecule has 0 bridgehead atoms. The molecule has 0 radical (unpaired) electrons. The van der Waals surface area contributed by atoms with Gasteiger partial charge < -0.3 is 25.1 Å². The SMILES string of the molecule is O=C(/C=C/c1ccc(CN(CCO)CCc2c[nH]c3ccccc23)cc1)NOCc1ccc(SC2CCN(CCCCCC(=O)NCc3cnnn3CCCCCC(=O)ON3C(=O)CCC3=O)C2=O)cc1. The smallest absolute Gasteiger partial charge is 0.333 e. The first kappa shape index (κ1) is 52.2. The predicted molar refractivity (Wildman–Crippen MR) is 266 cm³/mol. The van der Waals surface area contributed by atoms with Crippen molar-refractivity contribution in [3.63, 3.8) is 0 Å². The molecule has 19 heteroatoms. The second-order valence-electron chi connectivity index (χ2n) is 17.7. The Kier molecular flexibility index (Phi) is 19.9. The highest BCUT2D eigenvalue weighted by atomic mass is 32.2. The highest BCUT2D eigenvalue weighted by Gasteiger charge is 2.33. The summed E-state index contributed by atoms with van der Waals surface area (Å²) in [6.45, 7) is 4.59. The minimum atomic E-state index is -0.614. The molecular formula is C52H63N9O9S. The van der Waals surface area contributed by atoms with E-state index in [2.05, 4.69) is 49.3 Å². The van der Waals surface area contributed by atoms with Gasteiger partial charge in [0, 0.05) is 93.0 Å². The van der Waals surface area contributed by atoms with Crippen LogP contribution in [0.3, 0.4) is 0 Å². The van der Waals surface area contributed by atoms with Crippen LogP contribution in [0.4, 0.5) is 0 Å². The van der Waals surface area contributed by atoms with Gasteiger partial charge in [-0.3, -0.25) is 33.7 Å². The number of hydroxylamine groups is 3. The number of thioether (sulfide) groups is 1. The van der Waals surface area contributed by atoms with Crippen molar-refractivity contribution in [2.24, 2.45) is 0 Å². The predicted octanol–water partition coefficient (Wildman–Crippen LogP) is 5.80. The van der Waals surface area contributed by atoms with Crippen LogP contribution >= 0.6 is 11.8 Å². The number of aliphatic hydroxyl groups is 1. The third kappa shape index (κ3) is 16.2. The molecule has 2 aliphatic heterocycles. The number of hydrogen-bond acceptors (Lipinski definition) is 13. The van der Waals surface area contributed by atoms with Crippen LogP contribution in [-0.2, 0) is 71.1 Å². The molecular weight excluding hydrogens is 927 g/mol. The van der Waals surface area contributed by atoms with Crippen LogP contribution in [0.25, 0.3) is 17.0 Å². The van der Waals surface area contributed by atoms with Gasteiger partial charge in [0.1, 0.15) is 0 Å². The van der Waals surface area contributed by atoms with E-state index in [-0.39, 0.29) is 55.4 Å². The maximum atomic E-state index is 13.2. The molecule has 1 unspecified atom stereocenters. The van der Waals surface area contributed by atoms with E-state index >= 15 is 0 Å². The summed E-state index contributed by atoms with van der Waals surface area (Å²) in [6.07, 6.45) is 13.3. The summed E-state index contributed by atoms with van der Waals surface area (Å²) in [5.74, 6) is -1.92. The Labute approximate surface area is 417 Å². The first-order chi connectivity index (χ1) is 34.6. The average Bonchev–Trinajstić information content (AvgIpc) is 4.17. The number of imide groups is 1. The van der Waals surface area contributed by atoms with Crippen molar-refractivity contribution in [1.29, 1.82) is 0 Å². The van der Waals surface area contributed by atoms with Crippen LogP contribution in [-0.4, -0.2) is 113 Å². The summed E-state index contributed by atoms with van der Waals surface area (Å²) in [5, 5.41) is 22.3. The van der Waals surface area contributed by atoms with Crippen molar-refractivity contribution in [3.05, 3.63) is 119 Å². The largest absolute Gasteiger partial charge is 0.395 e. The average molecular weight is 990 g/mol. The van der Waals surface area contributed by atoms with Gasteiger partial charge in [-0.15, -0.1) is 21.9 Å². The molecule has 4 heterocycles. The lowest BCUT2D eigenvalue weighted by Crippen LogP contribution is -2.31. The number of H-pyrrole nitrogens is 1. The Hall–Kier alpha value is -6.67. The van der Waals surface area contributed by atoms with Crippen molar-refractivity contribution in [2.45, 2.75) is 113 Å². The number of hydrogen-bond donors (Lipinski definition) is 4. The number of para-hydroxylation sites is 1. The van der Waals surface area contributed by atoms with Crippen molar-refractivity contribution in [1.82, 2.24) is 45.6 Å². The van der Waals surface area contributed by atoms with Gasteiger partial charge in [-0.05, 0) is 85.1 Å². The van der Waals surface area contributed by atoms with E-state index in [0.29, 0.717) is 76.4 Å². The third-order valence-electron chi connectivity index (χ3n) is 12.4. The molecule has 5 aromatic rings. The normalized spacial score (nSPS) is 15.0. The van der Waals surface area contributed by atoms with E-state index in [1.54, 1.807) is 28.7 Å². The zero-order valence-corrected chi connectivity index (χ0v) is 40.8. The second-order valence-corrected chi connectivity index (χ2v) is 19.0. The minimum Gasteiger partial charge on any atom is -0.395 e. The number of aliphatic hydroxyl groups excluding tert-OH is 1. The summed E-state index contributed by atoms with van der Waals surface area (Å²) in [7, 11) is 0. The van der Waals surface area contributed by atoms with Crippen LogP contribution in [0.15, 0.2) is 96.2 Å². The number of aromatic nitrogens is 4.